The number of amidine groups is 1. The van der Waals surface area contributed by atoms with Gasteiger partial charge in [0.15, 0.2) is 5.17 Å². The summed E-state index contributed by atoms with van der Waals surface area (Å²) < 4.78 is 5.07. The fourth-order valence-corrected chi connectivity index (χ4v) is 1.99. The first-order valence-corrected chi connectivity index (χ1v) is 7.62. The zero-order chi connectivity index (χ0) is 17.2. The van der Waals surface area contributed by atoms with Gasteiger partial charge in [-0.1, -0.05) is 16.9 Å². The number of carbonyl (C=O) groups is 2. The fraction of sp³-hybridized carbons (Fsp3) is 0.286. The van der Waals surface area contributed by atoms with E-state index in [0.717, 1.165) is 11.8 Å². The van der Waals surface area contributed by atoms with Crippen molar-refractivity contribution < 1.29 is 24.3 Å². The van der Waals surface area contributed by atoms with Gasteiger partial charge in [-0.25, -0.2) is 4.79 Å². The fourth-order valence-electron chi connectivity index (χ4n) is 1.61. The molecule has 0 aromatic heterocycles. The number of ether oxygens (including phenoxy) is 1. The summed E-state index contributed by atoms with van der Waals surface area (Å²) in [6, 6.07) is 6.95. The van der Waals surface area contributed by atoms with Gasteiger partial charge in [0.2, 0.25) is 5.91 Å². The Kier molecular flexibility index (Phi) is 7.61. The van der Waals surface area contributed by atoms with Crippen LogP contribution in [0.4, 0.5) is 4.79 Å². The van der Waals surface area contributed by atoms with Crippen molar-refractivity contribution in [2.45, 2.75) is 6.42 Å². The minimum atomic E-state index is -1.38. The first-order chi connectivity index (χ1) is 11.0. The molecule has 124 valence electrons. The highest BCUT2D eigenvalue weighted by Gasteiger charge is 2.13. The number of benzene rings is 1. The molecule has 1 aromatic carbocycles. The van der Waals surface area contributed by atoms with Crippen molar-refractivity contribution in [1.29, 1.82) is 0 Å². The summed E-state index contributed by atoms with van der Waals surface area (Å²) in [6.07, 6.45) is 0.130. The third-order valence-corrected chi connectivity index (χ3v) is 3.17. The van der Waals surface area contributed by atoms with Crippen LogP contribution in [0.15, 0.2) is 34.4 Å². The van der Waals surface area contributed by atoms with Crippen LogP contribution in [0.25, 0.3) is 0 Å². The molecule has 0 aliphatic carbocycles. The van der Waals surface area contributed by atoms with Crippen molar-refractivity contribution >= 4 is 34.6 Å². The number of methoxy groups -OCH3 is 1. The number of oxime groups is 1. The maximum absolute atomic E-state index is 12.0. The molecule has 0 radical (unpaired) electrons. The summed E-state index contributed by atoms with van der Waals surface area (Å²) >= 11 is 1.02. The lowest BCUT2D eigenvalue weighted by Gasteiger charge is -2.08. The lowest BCUT2D eigenvalue weighted by molar-refractivity contribution is -0.118. The number of hydrogen-bond donors (Lipinski definition) is 2. The second kappa shape index (κ2) is 9.46. The van der Waals surface area contributed by atoms with E-state index < -0.39 is 12.0 Å². The Labute approximate surface area is 137 Å². The van der Waals surface area contributed by atoms with E-state index in [0.29, 0.717) is 17.0 Å². The minimum absolute atomic E-state index is 0.00556. The van der Waals surface area contributed by atoms with Crippen molar-refractivity contribution in [3.8, 4) is 5.75 Å². The lowest BCUT2D eigenvalue weighted by Crippen LogP contribution is -2.30. The average Bonchev–Trinajstić information content (AvgIpc) is 2.53. The monoisotopic (exact) mass is 339 g/mol. The number of amides is 2. The van der Waals surface area contributed by atoms with Crippen molar-refractivity contribution in [2.75, 3.05) is 20.5 Å². The van der Waals surface area contributed by atoms with Gasteiger partial charge >= 0.3 is 6.09 Å². The third-order valence-electron chi connectivity index (χ3n) is 2.59. The Balaban J connectivity index is 2.85. The Hall–Kier alpha value is -2.55. The van der Waals surface area contributed by atoms with Gasteiger partial charge in [-0.2, -0.15) is 4.99 Å². The molecule has 0 unspecified atom stereocenters. The van der Waals surface area contributed by atoms with Gasteiger partial charge in [0, 0.05) is 5.56 Å². The Morgan fingerprint density at radius 2 is 1.91 bits per heavy atom. The average molecular weight is 339 g/mol. The number of rotatable bonds is 5. The molecule has 9 heteroatoms. The Bertz CT molecular complexity index is 613. The normalized spacial score (nSPS) is 11.8. The van der Waals surface area contributed by atoms with Gasteiger partial charge in [-0.15, -0.1) is 0 Å². The first-order valence-electron chi connectivity index (χ1n) is 6.40. The van der Waals surface area contributed by atoms with Crippen LogP contribution in [0.5, 0.6) is 5.75 Å². The minimum Gasteiger partial charge on any atom is -0.497 e. The molecular weight excluding hydrogens is 322 g/mol. The van der Waals surface area contributed by atoms with E-state index in [2.05, 4.69) is 15.5 Å². The standard InChI is InChI=1S/C14H17N3O5S/c1-21-10-6-4-9(5-7-10)11(17-22-2)8-12(18)15-13(23-3)16-14(19)20/h4-7H,8H2,1-3H3,(H,19,20)(H,15,16,18). The predicted molar refractivity (Wildman–Crippen MR) is 88.3 cm³/mol. The van der Waals surface area contributed by atoms with Crippen LogP contribution < -0.4 is 10.1 Å². The van der Waals surface area contributed by atoms with Gasteiger partial charge in [-0.3, -0.25) is 4.79 Å². The number of nitrogens with one attached hydrogen (secondary N) is 1. The molecule has 0 bridgehead atoms. The number of hydrogen-bond acceptors (Lipinski definition) is 6. The van der Waals surface area contributed by atoms with Crippen molar-refractivity contribution in [1.82, 2.24) is 5.32 Å². The van der Waals surface area contributed by atoms with E-state index in [1.807, 2.05) is 0 Å². The van der Waals surface area contributed by atoms with Crippen LogP contribution in [0, 0.1) is 0 Å². The first kappa shape index (κ1) is 18.5. The maximum atomic E-state index is 12.0. The number of nitrogens with zero attached hydrogens (tertiary/aromatic N) is 2. The Morgan fingerprint density at radius 1 is 1.26 bits per heavy atom. The van der Waals surface area contributed by atoms with Crippen LogP contribution >= 0.6 is 11.8 Å². The molecule has 1 aromatic rings. The summed E-state index contributed by atoms with van der Waals surface area (Å²) in [5.41, 5.74) is 1.08. The topological polar surface area (TPSA) is 110 Å². The number of carbonyl (C=O) groups excluding carboxylic acids is 1. The quantitative estimate of drug-likeness (QED) is 0.482. The molecule has 0 heterocycles. The van der Waals surface area contributed by atoms with E-state index >= 15 is 0 Å². The molecule has 0 aliphatic heterocycles. The molecule has 0 saturated carbocycles. The predicted octanol–water partition coefficient (Wildman–Crippen LogP) is 1.95. The van der Waals surface area contributed by atoms with Gasteiger partial charge in [0.1, 0.15) is 12.9 Å². The van der Waals surface area contributed by atoms with E-state index in [4.69, 9.17) is 14.7 Å². The summed E-state index contributed by atoms with van der Waals surface area (Å²) in [5, 5.41) is 14.9. The van der Waals surface area contributed by atoms with Crippen LogP contribution in [-0.2, 0) is 9.63 Å². The SMILES string of the molecule is CON=C(CC(=O)NC(=NC(=O)O)SC)c1ccc(OC)cc1. The molecule has 0 fully saturated rings. The van der Waals surface area contributed by atoms with Gasteiger partial charge in [0.25, 0.3) is 0 Å². The molecule has 8 nitrogen and oxygen atoms in total. The molecule has 2 amide bonds. The summed E-state index contributed by atoms with van der Waals surface area (Å²) in [7, 11) is 2.93. The van der Waals surface area contributed by atoms with Gasteiger partial charge in [-0.05, 0) is 30.5 Å². The lowest BCUT2D eigenvalue weighted by atomic mass is 10.1. The van der Waals surface area contributed by atoms with Crippen molar-refractivity contribution in [2.24, 2.45) is 10.1 Å². The molecular formula is C14H17N3O5S. The largest absolute Gasteiger partial charge is 0.497 e. The number of thioether (sulfide) groups is 1. The molecule has 0 aliphatic rings. The van der Waals surface area contributed by atoms with E-state index in [1.165, 1.54) is 7.11 Å². The van der Waals surface area contributed by atoms with Crippen LogP contribution in [0.3, 0.4) is 0 Å². The highest BCUT2D eigenvalue weighted by atomic mass is 32.2. The molecule has 1 rings (SSSR count). The van der Waals surface area contributed by atoms with E-state index in [1.54, 1.807) is 37.6 Å². The highest BCUT2D eigenvalue weighted by molar-refractivity contribution is 8.13. The zero-order valence-electron chi connectivity index (χ0n) is 12.9. The summed E-state index contributed by atoms with van der Waals surface area (Å²) in [5.74, 6) is 0.221. The number of carboxylic acid groups (broad SMARTS) is 1. The second-order valence-corrected chi connectivity index (χ2v) is 4.87. The van der Waals surface area contributed by atoms with Crippen LogP contribution in [-0.4, -0.2) is 48.5 Å². The second-order valence-electron chi connectivity index (χ2n) is 4.08. The number of aliphatic imine (C=N–C) groups is 1. The molecule has 2 N–H and O–H groups in total. The third kappa shape index (κ3) is 6.39. The zero-order valence-corrected chi connectivity index (χ0v) is 13.7. The smallest absolute Gasteiger partial charge is 0.433 e. The molecule has 23 heavy (non-hydrogen) atoms. The van der Waals surface area contributed by atoms with E-state index in [9.17, 15) is 9.59 Å². The van der Waals surface area contributed by atoms with Gasteiger partial charge in [0.05, 0.1) is 19.2 Å². The molecule has 0 atom stereocenters. The van der Waals surface area contributed by atoms with Crippen LogP contribution in [0.1, 0.15) is 12.0 Å². The summed E-state index contributed by atoms with van der Waals surface area (Å²) in [4.78, 5) is 30.6. The van der Waals surface area contributed by atoms with E-state index in [-0.39, 0.29) is 11.6 Å². The summed E-state index contributed by atoms with van der Waals surface area (Å²) in [6.45, 7) is 0. The van der Waals surface area contributed by atoms with Crippen molar-refractivity contribution in [3.05, 3.63) is 29.8 Å². The molecule has 0 spiro atoms. The van der Waals surface area contributed by atoms with Crippen LogP contribution in [0.2, 0.25) is 0 Å². The van der Waals surface area contributed by atoms with Crippen molar-refractivity contribution in [3.63, 3.8) is 0 Å². The Morgan fingerprint density at radius 3 is 2.39 bits per heavy atom. The maximum Gasteiger partial charge on any atom is 0.433 e. The highest BCUT2D eigenvalue weighted by Crippen LogP contribution is 2.13. The van der Waals surface area contributed by atoms with Gasteiger partial charge < -0.3 is 20.0 Å². The molecule has 0 saturated heterocycles.